The molecule has 1 saturated carbocycles. The van der Waals surface area contributed by atoms with Gasteiger partial charge in [-0.25, -0.2) is 9.78 Å². The van der Waals surface area contributed by atoms with Crippen LogP contribution < -0.4 is 0 Å². The van der Waals surface area contributed by atoms with Gasteiger partial charge in [0, 0.05) is 24.8 Å². The van der Waals surface area contributed by atoms with Crippen molar-refractivity contribution in [2.45, 2.75) is 84.3 Å². The largest absolute Gasteiger partial charge is 0.351 e. The molecule has 0 aromatic carbocycles. The predicted molar refractivity (Wildman–Crippen MR) is 101 cm³/mol. The molecule has 5 aliphatic rings. The normalized spacial score (nSPS) is 49.1. The number of ether oxygens (including phenoxy) is 3. The summed E-state index contributed by atoms with van der Waals surface area (Å²) in [7, 11) is 0. The van der Waals surface area contributed by atoms with Crippen LogP contribution in [0.5, 0.6) is 0 Å². The average molecular weight is 384 g/mol. The highest BCUT2D eigenvalue weighted by Gasteiger charge is 2.69. The van der Waals surface area contributed by atoms with Gasteiger partial charge in [-0.2, -0.15) is 0 Å². The Balaban J connectivity index is 1.53. The van der Waals surface area contributed by atoms with Gasteiger partial charge in [0.2, 0.25) is 5.79 Å². The van der Waals surface area contributed by atoms with Crippen LogP contribution >= 0.6 is 0 Å². The molecule has 0 aromatic rings. The summed E-state index contributed by atoms with van der Waals surface area (Å²) < 4.78 is 19.0. The van der Waals surface area contributed by atoms with E-state index in [1.54, 1.807) is 0 Å². The van der Waals surface area contributed by atoms with Gasteiger partial charge in [-0.1, -0.05) is 27.7 Å². The van der Waals surface area contributed by atoms with Crippen LogP contribution in [0.4, 0.5) is 0 Å². The second-order valence-electron chi connectivity index (χ2n) is 9.17. The number of likely N-dealkylation sites (N-methyl/N-ethyl adjacent to an activating group) is 1. The fourth-order valence-electron chi connectivity index (χ4n) is 5.90. The molecule has 0 unspecified atom stereocenters. The number of hydrogen-bond donors (Lipinski definition) is 0. The number of hydrogen-bond acceptors (Lipinski definition) is 6. The highest BCUT2D eigenvalue weighted by Crippen LogP contribution is 2.60. The Hall–Kier alpha value is -0.240. The van der Waals surface area contributed by atoms with Gasteiger partial charge >= 0.3 is 0 Å². The third kappa shape index (κ3) is 3.26. The molecule has 8 atom stereocenters. The molecule has 1 spiro atoms. The van der Waals surface area contributed by atoms with Crippen LogP contribution in [0.3, 0.4) is 0 Å². The Bertz CT molecular complexity index is 529. The minimum absolute atomic E-state index is 0.248. The van der Waals surface area contributed by atoms with Gasteiger partial charge in [0.05, 0.1) is 6.61 Å². The van der Waals surface area contributed by atoms with E-state index in [2.05, 4.69) is 32.6 Å². The summed E-state index contributed by atoms with van der Waals surface area (Å²) in [5.41, 5.74) is -0.494. The summed E-state index contributed by atoms with van der Waals surface area (Å²) in [6.07, 6.45) is 3.58. The monoisotopic (exact) mass is 383 g/mol. The molecule has 0 aromatic heterocycles. The smallest absolute Gasteiger partial charge is 0.201 e. The van der Waals surface area contributed by atoms with Crippen molar-refractivity contribution < 1.29 is 24.0 Å². The first-order valence-electron chi connectivity index (χ1n) is 11.0. The van der Waals surface area contributed by atoms with E-state index in [0.29, 0.717) is 24.4 Å². The SMILES string of the molecule is CCN(CC)CCO[C@H]1O[C@@H]2O[C@@]3(C)CC[C@H]4[C@H](C)CC[C@@H]([C@H]1C)[C@@]24OO3. The van der Waals surface area contributed by atoms with Crippen LogP contribution in [0.1, 0.15) is 60.3 Å². The lowest BCUT2D eigenvalue weighted by molar-refractivity contribution is -0.577. The van der Waals surface area contributed by atoms with Crippen molar-refractivity contribution in [3.05, 3.63) is 0 Å². The molecule has 1 aliphatic carbocycles. The highest BCUT2D eigenvalue weighted by atomic mass is 17.3. The summed E-state index contributed by atoms with van der Waals surface area (Å²) in [6, 6.07) is 0. The molecule has 6 nitrogen and oxygen atoms in total. The maximum atomic E-state index is 6.44. The highest BCUT2D eigenvalue weighted by molar-refractivity contribution is 5.09. The van der Waals surface area contributed by atoms with Gasteiger partial charge in [-0.3, -0.25) is 0 Å². The van der Waals surface area contributed by atoms with Crippen molar-refractivity contribution in [3.8, 4) is 0 Å². The predicted octanol–water partition coefficient (Wildman–Crippen LogP) is 3.55. The van der Waals surface area contributed by atoms with E-state index in [4.69, 9.17) is 24.0 Å². The van der Waals surface area contributed by atoms with Gasteiger partial charge in [-0.15, -0.1) is 0 Å². The topological polar surface area (TPSA) is 49.4 Å². The molecule has 4 saturated heterocycles. The van der Waals surface area contributed by atoms with Gasteiger partial charge in [0.25, 0.3) is 0 Å². The second kappa shape index (κ2) is 7.54. The average Bonchev–Trinajstić information content (AvgIpc) is 2.89. The van der Waals surface area contributed by atoms with Crippen LogP contribution in [0.2, 0.25) is 0 Å². The van der Waals surface area contributed by atoms with Crippen molar-refractivity contribution >= 4 is 0 Å². The first kappa shape index (κ1) is 20.0. The quantitative estimate of drug-likeness (QED) is 0.654. The van der Waals surface area contributed by atoms with Gasteiger partial charge < -0.3 is 19.1 Å². The van der Waals surface area contributed by atoms with Crippen LogP contribution in [0.25, 0.3) is 0 Å². The second-order valence-corrected chi connectivity index (χ2v) is 9.17. The van der Waals surface area contributed by atoms with Crippen molar-refractivity contribution in [1.29, 1.82) is 0 Å². The Morgan fingerprint density at radius 3 is 2.56 bits per heavy atom. The lowest BCUT2D eigenvalue weighted by Crippen LogP contribution is -2.70. The van der Waals surface area contributed by atoms with Crippen LogP contribution in [0, 0.1) is 23.7 Å². The van der Waals surface area contributed by atoms with Crippen LogP contribution in [-0.4, -0.2) is 55.1 Å². The van der Waals surface area contributed by atoms with Crippen molar-refractivity contribution in [2.24, 2.45) is 23.7 Å². The minimum atomic E-state index is -0.718. The van der Waals surface area contributed by atoms with Crippen molar-refractivity contribution in [1.82, 2.24) is 4.90 Å². The molecule has 0 N–H and O–H groups in total. The molecular formula is C21H37NO5. The lowest BCUT2D eigenvalue weighted by atomic mass is 9.58. The van der Waals surface area contributed by atoms with E-state index >= 15 is 0 Å². The lowest BCUT2D eigenvalue weighted by Gasteiger charge is -2.60. The third-order valence-electron chi connectivity index (χ3n) is 7.68. The maximum Gasteiger partial charge on any atom is 0.201 e. The molecule has 2 bridgehead atoms. The summed E-state index contributed by atoms with van der Waals surface area (Å²) >= 11 is 0. The fourth-order valence-corrected chi connectivity index (χ4v) is 5.90. The fraction of sp³-hybridized carbons (Fsp3) is 1.00. The molecule has 5 fully saturated rings. The standard InChI is InChI=1S/C21H37NO5/c1-6-22(7-2)12-13-23-18-15(4)17-9-8-14(3)16-10-11-20(5)25-19(24-18)21(16,17)27-26-20/h14-19H,6-13H2,1-5H3/t14-,15-,16+,17+,18+,19-,20-,21-/m1/s1. The summed E-state index contributed by atoms with van der Waals surface area (Å²) in [5, 5.41) is 0. The molecule has 4 aliphatic heterocycles. The van der Waals surface area contributed by atoms with Gasteiger partial charge in [0.15, 0.2) is 18.2 Å². The van der Waals surface area contributed by atoms with Crippen molar-refractivity contribution in [2.75, 3.05) is 26.2 Å². The van der Waals surface area contributed by atoms with E-state index in [-0.39, 0.29) is 12.2 Å². The first-order chi connectivity index (χ1) is 12.9. The zero-order valence-electron chi connectivity index (χ0n) is 17.6. The Morgan fingerprint density at radius 2 is 1.81 bits per heavy atom. The van der Waals surface area contributed by atoms with E-state index in [9.17, 15) is 0 Å². The minimum Gasteiger partial charge on any atom is -0.351 e. The van der Waals surface area contributed by atoms with Crippen LogP contribution in [0.15, 0.2) is 0 Å². The van der Waals surface area contributed by atoms with Crippen LogP contribution in [-0.2, 0) is 24.0 Å². The first-order valence-corrected chi connectivity index (χ1v) is 11.0. The zero-order chi connectivity index (χ0) is 19.2. The third-order valence-corrected chi connectivity index (χ3v) is 7.68. The molecule has 0 amide bonds. The van der Waals surface area contributed by atoms with E-state index in [1.165, 1.54) is 6.42 Å². The number of fused-ring (bicyclic) bond motifs is 2. The summed E-state index contributed by atoms with van der Waals surface area (Å²) in [4.78, 5) is 14.4. The molecule has 0 radical (unpaired) electrons. The van der Waals surface area contributed by atoms with Crippen molar-refractivity contribution in [3.63, 3.8) is 0 Å². The number of nitrogens with zero attached hydrogens (tertiary/aromatic N) is 1. The van der Waals surface area contributed by atoms with E-state index < -0.39 is 17.7 Å². The van der Waals surface area contributed by atoms with E-state index in [1.807, 2.05) is 6.92 Å². The molecule has 5 rings (SSSR count). The summed E-state index contributed by atoms with van der Waals surface area (Å²) in [5.74, 6) is 0.863. The van der Waals surface area contributed by atoms with Gasteiger partial charge in [-0.05, 0) is 51.1 Å². The Morgan fingerprint density at radius 1 is 1.04 bits per heavy atom. The molecular weight excluding hydrogens is 346 g/mol. The maximum absolute atomic E-state index is 6.44. The molecule has 156 valence electrons. The molecule has 6 heteroatoms. The molecule has 27 heavy (non-hydrogen) atoms. The molecule has 4 heterocycles. The van der Waals surface area contributed by atoms with E-state index in [0.717, 1.165) is 38.9 Å². The number of rotatable bonds is 6. The summed E-state index contributed by atoms with van der Waals surface area (Å²) in [6.45, 7) is 14.6. The zero-order valence-corrected chi connectivity index (χ0v) is 17.6. The Labute approximate surface area is 163 Å². The van der Waals surface area contributed by atoms with Gasteiger partial charge in [0.1, 0.15) is 0 Å². The Kier molecular flexibility index (Phi) is 5.60.